The summed E-state index contributed by atoms with van der Waals surface area (Å²) in [4.78, 5) is 20.8. The fraction of sp³-hybridized carbons (Fsp3) is 0.333. The van der Waals surface area contributed by atoms with Gasteiger partial charge in [0.25, 0.3) is 5.56 Å². The Kier molecular flexibility index (Phi) is 4.68. The second-order valence-corrected chi connectivity index (χ2v) is 7.92. The molecule has 3 heterocycles. The number of aromatic nitrogens is 3. The number of hydrogen-bond acceptors (Lipinski definition) is 3. The van der Waals surface area contributed by atoms with E-state index in [2.05, 4.69) is 21.6 Å². The number of aryl methyl sites for hydroxylation is 1. The zero-order valence-electron chi connectivity index (χ0n) is 16.8. The average Bonchev–Trinajstić information content (AvgIpc) is 3.12. The SMILES string of the molecule is Cc1c(-c2ccccc2)nc2n(CCN3CCCCC3)c3ccccc3c(=O)n12. The van der Waals surface area contributed by atoms with E-state index in [0.717, 1.165) is 59.8 Å². The van der Waals surface area contributed by atoms with Crippen molar-refractivity contribution in [2.45, 2.75) is 32.7 Å². The number of benzene rings is 2. The smallest absolute Gasteiger partial charge is 0.267 e. The summed E-state index contributed by atoms with van der Waals surface area (Å²) in [5.41, 5.74) is 3.79. The molecular formula is C24H26N4O. The van der Waals surface area contributed by atoms with Gasteiger partial charge in [0.2, 0.25) is 5.78 Å². The van der Waals surface area contributed by atoms with Gasteiger partial charge in [0, 0.05) is 18.7 Å². The van der Waals surface area contributed by atoms with Crippen molar-refractivity contribution in [3.63, 3.8) is 0 Å². The molecule has 4 aromatic rings. The first-order valence-electron chi connectivity index (χ1n) is 10.5. The third-order valence-corrected chi connectivity index (χ3v) is 6.10. The number of para-hydroxylation sites is 1. The highest BCUT2D eigenvalue weighted by Gasteiger charge is 2.19. The molecular weight excluding hydrogens is 360 g/mol. The lowest BCUT2D eigenvalue weighted by atomic mass is 10.1. The normalized spacial score (nSPS) is 15.3. The van der Waals surface area contributed by atoms with E-state index in [9.17, 15) is 4.79 Å². The van der Waals surface area contributed by atoms with Gasteiger partial charge in [-0.3, -0.25) is 4.79 Å². The first-order valence-corrected chi connectivity index (χ1v) is 10.5. The van der Waals surface area contributed by atoms with Crippen LogP contribution in [-0.4, -0.2) is 38.5 Å². The summed E-state index contributed by atoms with van der Waals surface area (Å²) in [7, 11) is 0. The minimum Gasteiger partial charge on any atom is -0.309 e. The fourth-order valence-corrected chi connectivity index (χ4v) is 4.54. The molecule has 1 aliphatic heterocycles. The van der Waals surface area contributed by atoms with Gasteiger partial charge in [-0.2, -0.15) is 0 Å². The van der Waals surface area contributed by atoms with E-state index < -0.39 is 0 Å². The van der Waals surface area contributed by atoms with Crippen LogP contribution in [0.5, 0.6) is 0 Å². The summed E-state index contributed by atoms with van der Waals surface area (Å²) in [6, 6.07) is 18.0. The van der Waals surface area contributed by atoms with Crippen molar-refractivity contribution in [2.75, 3.05) is 19.6 Å². The maximum absolute atomic E-state index is 13.3. The van der Waals surface area contributed by atoms with Crippen LogP contribution < -0.4 is 5.56 Å². The topological polar surface area (TPSA) is 42.5 Å². The van der Waals surface area contributed by atoms with Crippen LogP contribution in [0.4, 0.5) is 0 Å². The van der Waals surface area contributed by atoms with Crippen LogP contribution >= 0.6 is 0 Å². The second-order valence-electron chi connectivity index (χ2n) is 7.92. The number of fused-ring (bicyclic) bond motifs is 2. The van der Waals surface area contributed by atoms with Crippen molar-refractivity contribution in [1.82, 2.24) is 18.9 Å². The molecule has 5 nitrogen and oxygen atoms in total. The Morgan fingerprint density at radius 2 is 1.62 bits per heavy atom. The summed E-state index contributed by atoms with van der Waals surface area (Å²) >= 11 is 0. The van der Waals surface area contributed by atoms with Crippen molar-refractivity contribution < 1.29 is 0 Å². The van der Waals surface area contributed by atoms with Crippen LogP contribution in [0.2, 0.25) is 0 Å². The van der Waals surface area contributed by atoms with Crippen molar-refractivity contribution in [3.05, 3.63) is 70.6 Å². The molecule has 5 heteroatoms. The Bertz CT molecular complexity index is 1220. The molecule has 0 radical (unpaired) electrons. The van der Waals surface area contributed by atoms with Gasteiger partial charge >= 0.3 is 0 Å². The summed E-state index contributed by atoms with van der Waals surface area (Å²) in [6.45, 7) is 6.13. The van der Waals surface area contributed by atoms with Crippen LogP contribution in [0, 0.1) is 6.92 Å². The number of imidazole rings is 1. The lowest BCUT2D eigenvalue weighted by Gasteiger charge is -2.27. The highest BCUT2D eigenvalue weighted by atomic mass is 16.1. The standard InChI is InChI=1S/C24H26N4O/c1-18-22(19-10-4-2-5-11-19)25-24-27(17-16-26-14-8-3-9-15-26)21-13-7-6-12-20(21)23(29)28(18)24/h2,4-7,10-13H,3,8-9,14-17H2,1H3. The third kappa shape index (κ3) is 3.15. The van der Waals surface area contributed by atoms with Crippen LogP contribution in [0.1, 0.15) is 25.0 Å². The Balaban J connectivity index is 1.70. The first kappa shape index (κ1) is 18.1. The van der Waals surface area contributed by atoms with Gasteiger partial charge < -0.3 is 9.47 Å². The van der Waals surface area contributed by atoms with E-state index in [1.807, 2.05) is 49.4 Å². The molecule has 29 heavy (non-hydrogen) atoms. The monoisotopic (exact) mass is 386 g/mol. The zero-order valence-corrected chi connectivity index (χ0v) is 16.8. The van der Waals surface area contributed by atoms with Crippen LogP contribution in [0.15, 0.2) is 59.4 Å². The number of likely N-dealkylation sites (tertiary alicyclic amines) is 1. The first-order chi connectivity index (χ1) is 14.2. The summed E-state index contributed by atoms with van der Waals surface area (Å²) in [6.07, 6.45) is 3.89. The van der Waals surface area contributed by atoms with Crippen molar-refractivity contribution in [1.29, 1.82) is 0 Å². The predicted molar refractivity (Wildman–Crippen MR) is 117 cm³/mol. The number of piperidine rings is 1. The number of nitrogens with zero attached hydrogens (tertiary/aromatic N) is 4. The summed E-state index contributed by atoms with van der Waals surface area (Å²) in [5, 5.41) is 0.749. The molecule has 0 aliphatic carbocycles. The average molecular weight is 386 g/mol. The van der Waals surface area contributed by atoms with Crippen LogP contribution in [0.3, 0.4) is 0 Å². The van der Waals surface area contributed by atoms with Gasteiger partial charge in [0.05, 0.1) is 22.3 Å². The van der Waals surface area contributed by atoms with E-state index in [4.69, 9.17) is 4.98 Å². The highest BCUT2D eigenvalue weighted by molar-refractivity contribution is 5.81. The Morgan fingerprint density at radius 3 is 2.41 bits per heavy atom. The maximum atomic E-state index is 13.3. The van der Waals surface area contributed by atoms with E-state index in [0.29, 0.717) is 0 Å². The van der Waals surface area contributed by atoms with E-state index >= 15 is 0 Å². The molecule has 1 fully saturated rings. The van der Waals surface area contributed by atoms with E-state index in [-0.39, 0.29) is 5.56 Å². The van der Waals surface area contributed by atoms with Gasteiger partial charge in [0.1, 0.15) is 0 Å². The van der Waals surface area contributed by atoms with Gasteiger partial charge in [-0.15, -0.1) is 0 Å². The van der Waals surface area contributed by atoms with E-state index in [1.165, 1.54) is 19.3 Å². The van der Waals surface area contributed by atoms with Crippen LogP contribution in [0.25, 0.3) is 27.9 Å². The largest absolute Gasteiger partial charge is 0.309 e. The molecule has 0 bridgehead atoms. The molecule has 0 atom stereocenters. The Morgan fingerprint density at radius 1 is 0.897 bits per heavy atom. The number of rotatable bonds is 4. The van der Waals surface area contributed by atoms with Crippen molar-refractivity contribution in [3.8, 4) is 11.3 Å². The fourth-order valence-electron chi connectivity index (χ4n) is 4.54. The van der Waals surface area contributed by atoms with E-state index in [1.54, 1.807) is 4.40 Å². The summed E-state index contributed by atoms with van der Waals surface area (Å²) < 4.78 is 4.02. The molecule has 148 valence electrons. The molecule has 1 aliphatic rings. The lowest BCUT2D eigenvalue weighted by Crippen LogP contribution is -2.33. The molecule has 1 saturated heterocycles. The van der Waals surface area contributed by atoms with Gasteiger partial charge in [-0.05, 0) is 45.0 Å². The van der Waals surface area contributed by atoms with Crippen LogP contribution in [-0.2, 0) is 6.54 Å². The molecule has 0 amide bonds. The Hall–Kier alpha value is -2.92. The third-order valence-electron chi connectivity index (χ3n) is 6.10. The second kappa shape index (κ2) is 7.48. The minimum atomic E-state index is 0.0111. The molecule has 0 unspecified atom stereocenters. The Labute approximate surface area is 170 Å². The van der Waals surface area contributed by atoms with Crippen molar-refractivity contribution in [2.24, 2.45) is 0 Å². The molecule has 0 N–H and O–H groups in total. The molecule has 2 aromatic carbocycles. The van der Waals surface area contributed by atoms with Gasteiger partial charge in [0.15, 0.2) is 0 Å². The minimum absolute atomic E-state index is 0.0111. The molecule has 2 aromatic heterocycles. The molecule has 5 rings (SSSR count). The molecule has 0 saturated carbocycles. The zero-order chi connectivity index (χ0) is 19.8. The molecule has 0 spiro atoms. The highest BCUT2D eigenvalue weighted by Crippen LogP contribution is 2.25. The quantitative estimate of drug-likeness (QED) is 0.530. The number of hydrogen-bond donors (Lipinski definition) is 0. The van der Waals surface area contributed by atoms with Gasteiger partial charge in [-0.25, -0.2) is 9.38 Å². The van der Waals surface area contributed by atoms with Crippen molar-refractivity contribution >= 4 is 16.7 Å². The summed E-state index contributed by atoms with van der Waals surface area (Å²) in [5.74, 6) is 0.738. The maximum Gasteiger partial charge on any atom is 0.267 e. The lowest BCUT2D eigenvalue weighted by molar-refractivity contribution is 0.222. The van der Waals surface area contributed by atoms with Gasteiger partial charge in [-0.1, -0.05) is 48.9 Å². The predicted octanol–water partition coefficient (Wildman–Crippen LogP) is 4.11.